The largest absolute Gasteiger partial charge is 0.457 e. The van der Waals surface area contributed by atoms with Crippen LogP contribution in [0.4, 0.5) is 0 Å². The number of aliphatic hydroxyl groups excluding tert-OH is 1. The summed E-state index contributed by atoms with van der Waals surface area (Å²) in [7, 11) is 0. The fraction of sp³-hybridized carbons (Fsp3) is 0.0833. The molecular weight excluding hydrogens is 226 g/mol. The molecule has 0 aliphatic rings. The summed E-state index contributed by atoms with van der Waals surface area (Å²) >= 11 is 5.76. The van der Waals surface area contributed by atoms with Crippen molar-refractivity contribution in [2.24, 2.45) is 0 Å². The maximum absolute atomic E-state index is 8.93. The van der Waals surface area contributed by atoms with Crippen molar-refractivity contribution in [2.45, 2.75) is 6.61 Å². The average molecular weight is 236 g/mol. The molecule has 1 N–H and O–H groups in total. The van der Waals surface area contributed by atoms with Crippen LogP contribution in [0, 0.1) is 0 Å². The minimum Gasteiger partial charge on any atom is -0.457 e. The average Bonchev–Trinajstić information content (AvgIpc) is 2.32. The van der Waals surface area contributed by atoms with Gasteiger partial charge >= 0.3 is 0 Å². The molecular formula is C12H10ClNO2. The summed E-state index contributed by atoms with van der Waals surface area (Å²) in [4.78, 5) is 3.96. The van der Waals surface area contributed by atoms with Crippen LogP contribution >= 0.6 is 11.6 Å². The first-order valence-electron chi connectivity index (χ1n) is 4.77. The Morgan fingerprint density at radius 2 is 1.88 bits per heavy atom. The molecule has 0 atom stereocenters. The van der Waals surface area contributed by atoms with Gasteiger partial charge < -0.3 is 9.84 Å². The molecule has 0 aliphatic heterocycles. The number of pyridine rings is 1. The lowest BCUT2D eigenvalue weighted by Crippen LogP contribution is -1.90. The molecule has 2 aromatic rings. The predicted octanol–water partition coefficient (Wildman–Crippen LogP) is 3.02. The van der Waals surface area contributed by atoms with Crippen LogP contribution in [0.15, 0.2) is 42.6 Å². The van der Waals surface area contributed by atoms with Gasteiger partial charge in [0.25, 0.3) is 0 Å². The molecule has 0 amide bonds. The van der Waals surface area contributed by atoms with E-state index in [0.717, 1.165) is 0 Å². The zero-order chi connectivity index (χ0) is 11.4. The molecule has 0 spiro atoms. The van der Waals surface area contributed by atoms with Crippen molar-refractivity contribution < 1.29 is 9.84 Å². The fourth-order valence-electron chi connectivity index (χ4n) is 1.24. The van der Waals surface area contributed by atoms with E-state index in [2.05, 4.69) is 4.98 Å². The Hall–Kier alpha value is -1.58. The van der Waals surface area contributed by atoms with E-state index in [1.54, 1.807) is 42.6 Å². The summed E-state index contributed by atoms with van der Waals surface area (Å²) in [5.41, 5.74) is 0.575. The van der Waals surface area contributed by atoms with Crippen molar-refractivity contribution in [3.05, 3.63) is 53.3 Å². The lowest BCUT2D eigenvalue weighted by atomic mass is 10.3. The maximum atomic E-state index is 8.93. The second-order valence-electron chi connectivity index (χ2n) is 3.20. The van der Waals surface area contributed by atoms with Gasteiger partial charge in [-0.25, -0.2) is 0 Å². The number of nitrogens with zero attached hydrogens (tertiary/aromatic N) is 1. The van der Waals surface area contributed by atoms with Crippen LogP contribution in [0.3, 0.4) is 0 Å². The summed E-state index contributed by atoms with van der Waals surface area (Å²) in [6.07, 6.45) is 1.59. The van der Waals surface area contributed by atoms with Crippen molar-refractivity contribution in [3.63, 3.8) is 0 Å². The van der Waals surface area contributed by atoms with Gasteiger partial charge in [-0.2, -0.15) is 0 Å². The van der Waals surface area contributed by atoms with Gasteiger partial charge in [0.05, 0.1) is 12.3 Å². The third-order valence-electron chi connectivity index (χ3n) is 2.00. The standard InChI is InChI=1S/C12H10ClNO2/c13-9-1-3-11(4-2-9)16-12-5-6-14-10(7-12)8-15/h1-7,15H,8H2. The van der Waals surface area contributed by atoms with Crippen molar-refractivity contribution in [2.75, 3.05) is 0 Å². The highest BCUT2D eigenvalue weighted by atomic mass is 35.5. The number of hydrogen-bond donors (Lipinski definition) is 1. The minimum absolute atomic E-state index is 0.0994. The van der Waals surface area contributed by atoms with Gasteiger partial charge in [-0.15, -0.1) is 0 Å². The number of halogens is 1. The lowest BCUT2D eigenvalue weighted by Gasteiger charge is -2.06. The Bertz CT molecular complexity index is 471. The monoisotopic (exact) mass is 235 g/mol. The summed E-state index contributed by atoms with van der Waals surface area (Å²) in [5.74, 6) is 1.33. The Balaban J connectivity index is 2.16. The second-order valence-corrected chi connectivity index (χ2v) is 3.63. The molecule has 1 aromatic heterocycles. The van der Waals surface area contributed by atoms with Gasteiger partial charge in [-0.05, 0) is 30.3 Å². The van der Waals surface area contributed by atoms with Gasteiger partial charge in [0.1, 0.15) is 11.5 Å². The van der Waals surface area contributed by atoms with Crippen molar-refractivity contribution in [1.82, 2.24) is 4.98 Å². The molecule has 1 aromatic carbocycles. The number of rotatable bonds is 3. The van der Waals surface area contributed by atoms with Gasteiger partial charge in [0, 0.05) is 17.3 Å². The van der Waals surface area contributed by atoms with Crippen LogP contribution in [0.1, 0.15) is 5.69 Å². The zero-order valence-electron chi connectivity index (χ0n) is 8.43. The third-order valence-corrected chi connectivity index (χ3v) is 2.25. The Morgan fingerprint density at radius 1 is 1.12 bits per heavy atom. The molecule has 1 heterocycles. The Morgan fingerprint density at radius 3 is 2.56 bits per heavy atom. The van der Waals surface area contributed by atoms with Crippen LogP contribution < -0.4 is 4.74 Å². The van der Waals surface area contributed by atoms with Gasteiger partial charge in [-0.1, -0.05) is 11.6 Å². The highest BCUT2D eigenvalue weighted by molar-refractivity contribution is 6.30. The summed E-state index contributed by atoms with van der Waals surface area (Å²) in [6.45, 7) is -0.0994. The number of hydrogen-bond acceptors (Lipinski definition) is 3. The predicted molar refractivity (Wildman–Crippen MR) is 61.7 cm³/mol. The number of benzene rings is 1. The van der Waals surface area contributed by atoms with Crippen LogP contribution in [-0.4, -0.2) is 10.1 Å². The molecule has 4 heteroatoms. The topological polar surface area (TPSA) is 42.4 Å². The number of aliphatic hydroxyl groups is 1. The molecule has 3 nitrogen and oxygen atoms in total. The van der Waals surface area contributed by atoms with Gasteiger partial charge in [0.2, 0.25) is 0 Å². The summed E-state index contributed by atoms with van der Waals surface area (Å²) in [6, 6.07) is 10.5. The van der Waals surface area contributed by atoms with E-state index in [1.807, 2.05) is 0 Å². The fourth-order valence-corrected chi connectivity index (χ4v) is 1.37. The molecule has 0 aliphatic carbocycles. The van der Waals surface area contributed by atoms with Crippen LogP contribution in [-0.2, 0) is 6.61 Å². The molecule has 82 valence electrons. The summed E-state index contributed by atoms with van der Waals surface area (Å²) in [5, 5.41) is 9.59. The second kappa shape index (κ2) is 4.96. The smallest absolute Gasteiger partial charge is 0.130 e. The first kappa shape index (κ1) is 10.9. The number of aromatic nitrogens is 1. The Labute approximate surface area is 98.3 Å². The van der Waals surface area contributed by atoms with Crippen LogP contribution in [0.2, 0.25) is 5.02 Å². The van der Waals surface area contributed by atoms with E-state index < -0.39 is 0 Å². The van der Waals surface area contributed by atoms with E-state index in [9.17, 15) is 0 Å². The van der Waals surface area contributed by atoms with Crippen molar-refractivity contribution >= 4 is 11.6 Å². The van der Waals surface area contributed by atoms with E-state index in [4.69, 9.17) is 21.4 Å². The molecule has 2 rings (SSSR count). The first-order valence-corrected chi connectivity index (χ1v) is 5.15. The quantitative estimate of drug-likeness (QED) is 0.889. The normalized spacial score (nSPS) is 10.1. The van der Waals surface area contributed by atoms with E-state index in [-0.39, 0.29) is 6.61 Å². The first-order chi connectivity index (χ1) is 7.78. The lowest BCUT2D eigenvalue weighted by molar-refractivity contribution is 0.276. The zero-order valence-corrected chi connectivity index (χ0v) is 9.19. The van der Waals surface area contributed by atoms with Gasteiger partial charge in [0.15, 0.2) is 0 Å². The molecule has 0 unspecified atom stereocenters. The van der Waals surface area contributed by atoms with Crippen LogP contribution in [0.25, 0.3) is 0 Å². The SMILES string of the molecule is OCc1cc(Oc2ccc(Cl)cc2)ccn1. The Kier molecular flexibility index (Phi) is 3.39. The highest BCUT2D eigenvalue weighted by Gasteiger charge is 1.99. The van der Waals surface area contributed by atoms with Crippen LogP contribution in [0.5, 0.6) is 11.5 Å². The third kappa shape index (κ3) is 2.72. The van der Waals surface area contributed by atoms with E-state index in [0.29, 0.717) is 22.2 Å². The molecule has 0 radical (unpaired) electrons. The molecule has 16 heavy (non-hydrogen) atoms. The van der Waals surface area contributed by atoms with Gasteiger partial charge in [-0.3, -0.25) is 4.98 Å². The maximum Gasteiger partial charge on any atom is 0.130 e. The molecule has 0 saturated heterocycles. The van der Waals surface area contributed by atoms with Crippen molar-refractivity contribution in [3.8, 4) is 11.5 Å². The summed E-state index contributed by atoms with van der Waals surface area (Å²) < 4.78 is 5.57. The minimum atomic E-state index is -0.0994. The molecule has 0 saturated carbocycles. The molecule has 0 fully saturated rings. The van der Waals surface area contributed by atoms with E-state index >= 15 is 0 Å². The number of ether oxygens (including phenoxy) is 1. The van der Waals surface area contributed by atoms with Crippen molar-refractivity contribution in [1.29, 1.82) is 0 Å². The molecule has 0 bridgehead atoms. The highest BCUT2D eigenvalue weighted by Crippen LogP contribution is 2.22. The van der Waals surface area contributed by atoms with E-state index in [1.165, 1.54) is 0 Å².